The fraction of sp³-hybridized carbons (Fsp3) is 0.242. The lowest BCUT2D eigenvalue weighted by molar-refractivity contribution is -0.139. The summed E-state index contributed by atoms with van der Waals surface area (Å²) in [5.74, 6) is 0.536. The number of carbonyl (C=O) groups is 1. The van der Waals surface area contributed by atoms with E-state index in [9.17, 15) is 9.59 Å². The zero-order chi connectivity index (χ0) is 29.1. The maximum atomic E-state index is 14.0. The quantitative estimate of drug-likeness (QED) is 0.232. The van der Waals surface area contributed by atoms with Crippen LogP contribution in [0, 0.1) is 0 Å². The predicted octanol–water partition coefficient (Wildman–Crippen LogP) is 6.15. The average molecular weight is 587 g/mol. The largest absolute Gasteiger partial charge is 0.488 e. The monoisotopic (exact) mass is 586 g/mol. The summed E-state index contributed by atoms with van der Waals surface area (Å²) in [5.41, 5.74) is 4.44. The van der Waals surface area contributed by atoms with Crippen LogP contribution in [0.3, 0.4) is 0 Å². The standard InChI is InChI=1S/C33H31ClN2O4S/c1-5-39-32(38)29-21(4)35-33-36(30(29)24-14-12-23(13-15-24)20(2)3)31(37)28(41-33)18-25-8-6-7-9-27(25)40-19-22-10-16-26(34)17-11-22/h6-18,20,30H,5,19H2,1-4H3/b28-18-/t30-/m0/s1. The molecule has 0 radical (unpaired) electrons. The first-order valence-electron chi connectivity index (χ1n) is 13.5. The molecule has 5 rings (SSSR count). The van der Waals surface area contributed by atoms with E-state index in [-0.39, 0.29) is 12.2 Å². The molecule has 0 spiro atoms. The summed E-state index contributed by atoms with van der Waals surface area (Å²) < 4.78 is 13.6. The minimum Gasteiger partial charge on any atom is -0.488 e. The van der Waals surface area contributed by atoms with Crippen LogP contribution >= 0.6 is 22.9 Å². The van der Waals surface area contributed by atoms with Crippen LogP contribution in [-0.4, -0.2) is 17.1 Å². The first-order chi connectivity index (χ1) is 19.8. The van der Waals surface area contributed by atoms with Crippen LogP contribution in [0.25, 0.3) is 6.08 Å². The Balaban J connectivity index is 1.59. The Kier molecular flexibility index (Phi) is 8.57. The summed E-state index contributed by atoms with van der Waals surface area (Å²) in [6, 6.07) is 22.5. The molecule has 2 heterocycles. The molecule has 1 atom stereocenters. The zero-order valence-corrected chi connectivity index (χ0v) is 25.0. The average Bonchev–Trinajstić information content (AvgIpc) is 3.26. The number of esters is 1. The minimum atomic E-state index is -0.648. The highest BCUT2D eigenvalue weighted by Crippen LogP contribution is 2.31. The van der Waals surface area contributed by atoms with Crippen LogP contribution in [0.15, 0.2) is 93.9 Å². The van der Waals surface area contributed by atoms with Crippen LogP contribution in [0.5, 0.6) is 5.75 Å². The second-order valence-corrected chi connectivity index (χ2v) is 11.5. The molecule has 210 valence electrons. The number of aromatic nitrogens is 1. The van der Waals surface area contributed by atoms with Crippen molar-refractivity contribution in [2.24, 2.45) is 4.99 Å². The molecule has 0 fully saturated rings. The van der Waals surface area contributed by atoms with Crippen molar-refractivity contribution in [3.05, 3.63) is 131 Å². The van der Waals surface area contributed by atoms with Crippen molar-refractivity contribution >= 4 is 35.0 Å². The molecule has 6 nitrogen and oxygen atoms in total. The summed E-state index contributed by atoms with van der Waals surface area (Å²) in [6.07, 6.45) is 1.82. The van der Waals surface area contributed by atoms with Gasteiger partial charge in [0.15, 0.2) is 4.80 Å². The van der Waals surface area contributed by atoms with Gasteiger partial charge in [-0.15, -0.1) is 0 Å². The van der Waals surface area contributed by atoms with Gasteiger partial charge in [-0.1, -0.05) is 91.4 Å². The molecule has 0 bridgehead atoms. The van der Waals surface area contributed by atoms with E-state index < -0.39 is 12.0 Å². The van der Waals surface area contributed by atoms with Crippen LogP contribution in [-0.2, 0) is 16.1 Å². The van der Waals surface area contributed by atoms with Crippen LogP contribution in [0.2, 0.25) is 5.02 Å². The lowest BCUT2D eigenvalue weighted by Crippen LogP contribution is -2.39. The molecule has 0 unspecified atom stereocenters. The molecule has 1 aliphatic rings. The van der Waals surface area contributed by atoms with Gasteiger partial charge in [-0.05, 0) is 60.7 Å². The smallest absolute Gasteiger partial charge is 0.338 e. The van der Waals surface area contributed by atoms with Crippen molar-refractivity contribution < 1.29 is 14.3 Å². The van der Waals surface area contributed by atoms with E-state index >= 15 is 0 Å². The molecule has 3 aromatic carbocycles. The van der Waals surface area contributed by atoms with E-state index in [1.54, 1.807) is 18.4 Å². The summed E-state index contributed by atoms with van der Waals surface area (Å²) in [7, 11) is 0. The molecule has 8 heteroatoms. The minimum absolute atomic E-state index is 0.228. The SMILES string of the molecule is CCOC(=O)C1=C(C)N=c2s/c(=C\c3ccccc3OCc3ccc(Cl)cc3)c(=O)n2[C@H]1c1ccc(C(C)C)cc1. The van der Waals surface area contributed by atoms with E-state index in [2.05, 4.69) is 18.8 Å². The summed E-state index contributed by atoms with van der Waals surface area (Å²) in [5, 5.41) is 0.667. The molecule has 0 saturated heterocycles. The Hall–Kier alpha value is -3.94. The van der Waals surface area contributed by atoms with Gasteiger partial charge in [0, 0.05) is 10.6 Å². The first kappa shape index (κ1) is 28.6. The van der Waals surface area contributed by atoms with Crippen molar-refractivity contribution in [2.45, 2.75) is 46.3 Å². The van der Waals surface area contributed by atoms with Gasteiger partial charge >= 0.3 is 5.97 Å². The van der Waals surface area contributed by atoms with Crippen molar-refractivity contribution in [1.29, 1.82) is 0 Å². The Morgan fingerprint density at radius 2 is 1.78 bits per heavy atom. The second kappa shape index (κ2) is 12.3. The van der Waals surface area contributed by atoms with Crippen LogP contribution in [0.1, 0.15) is 61.9 Å². The third-order valence-electron chi connectivity index (χ3n) is 6.95. The number of carbonyl (C=O) groups excluding carboxylic acids is 1. The molecule has 4 aromatic rings. The van der Waals surface area contributed by atoms with Gasteiger partial charge in [0.05, 0.1) is 28.5 Å². The zero-order valence-electron chi connectivity index (χ0n) is 23.4. The van der Waals surface area contributed by atoms with Crippen molar-refractivity contribution in [1.82, 2.24) is 4.57 Å². The summed E-state index contributed by atoms with van der Waals surface area (Å²) in [4.78, 5) is 32.4. The number of thiazole rings is 1. The lowest BCUT2D eigenvalue weighted by Gasteiger charge is -2.25. The van der Waals surface area contributed by atoms with E-state index in [1.807, 2.05) is 78.9 Å². The molecule has 1 aromatic heterocycles. The number of hydrogen-bond donors (Lipinski definition) is 0. The molecular formula is C33H31ClN2O4S. The van der Waals surface area contributed by atoms with E-state index in [0.717, 1.165) is 16.7 Å². The molecule has 0 saturated carbocycles. The Morgan fingerprint density at radius 3 is 2.46 bits per heavy atom. The Morgan fingerprint density at radius 1 is 1.07 bits per heavy atom. The van der Waals surface area contributed by atoms with Crippen molar-refractivity contribution in [3.8, 4) is 5.75 Å². The second-order valence-electron chi connectivity index (χ2n) is 10.1. The number of halogens is 1. The normalized spacial score (nSPS) is 15.1. The molecule has 0 amide bonds. The third kappa shape index (κ3) is 6.06. The van der Waals surface area contributed by atoms with Gasteiger partial charge in [0.1, 0.15) is 12.4 Å². The fourth-order valence-corrected chi connectivity index (χ4v) is 5.95. The van der Waals surface area contributed by atoms with Crippen LogP contribution in [0.4, 0.5) is 0 Å². The van der Waals surface area contributed by atoms with Crippen molar-refractivity contribution in [3.63, 3.8) is 0 Å². The Labute approximate surface area is 247 Å². The highest BCUT2D eigenvalue weighted by molar-refractivity contribution is 7.07. The summed E-state index contributed by atoms with van der Waals surface area (Å²) in [6.45, 7) is 8.40. The van der Waals surface area contributed by atoms with Gasteiger partial charge in [-0.3, -0.25) is 9.36 Å². The van der Waals surface area contributed by atoms with Crippen LogP contribution < -0.4 is 19.6 Å². The molecule has 0 N–H and O–H groups in total. The predicted molar refractivity (Wildman–Crippen MR) is 163 cm³/mol. The highest BCUT2D eigenvalue weighted by atomic mass is 35.5. The Bertz CT molecular complexity index is 1780. The van der Waals surface area contributed by atoms with Gasteiger partial charge in [-0.2, -0.15) is 0 Å². The summed E-state index contributed by atoms with van der Waals surface area (Å²) >= 11 is 7.30. The van der Waals surface area contributed by atoms with Gasteiger partial charge in [-0.25, -0.2) is 9.79 Å². The van der Waals surface area contributed by atoms with E-state index in [4.69, 9.17) is 21.1 Å². The van der Waals surface area contributed by atoms with Gasteiger partial charge in [0.25, 0.3) is 5.56 Å². The lowest BCUT2D eigenvalue weighted by atomic mass is 9.93. The third-order valence-corrected chi connectivity index (χ3v) is 8.18. The number of nitrogens with zero attached hydrogens (tertiary/aromatic N) is 2. The maximum Gasteiger partial charge on any atom is 0.338 e. The number of hydrogen-bond acceptors (Lipinski definition) is 6. The van der Waals surface area contributed by atoms with Gasteiger partial charge < -0.3 is 9.47 Å². The molecule has 41 heavy (non-hydrogen) atoms. The number of para-hydroxylation sites is 1. The highest BCUT2D eigenvalue weighted by Gasteiger charge is 2.33. The van der Waals surface area contributed by atoms with E-state index in [1.165, 1.54) is 16.9 Å². The number of benzene rings is 3. The molecular weight excluding hydrogens is 556 g/mol. The fourth-order valence-electron chi connectivity index (χ4n) is 4.78. The van der Waals surface area contributed by atoms with Gasteiger partial charge in [0.2, 0.25) is 0 Å². The topological polar surface area (TPSA) is 69.9 Å². The van der Waals surface area contributed by atoms with E-state index in [0.29, 0.717) is 43.9 Å². The maximum absolute atomic E-state index is 14.0. The van der Waals surface area contributed by atoms with Crippen molar-refractivity contribution in [2.75, 3.05) is 6.61 Å². The molecule has 0 aliphatic carbocycles. The number of allylic oxidation sites excluding steroid dienone is 1. The number of rotatable bonds is 8. The number of fused-ring (bicyclic) bond motifs is 1. The molecule has 1 aliphatic heterocycles. The number of ether oxygens (including phenoxy) is 2. The first-order valence-corrected chi connectivity index (χ1v) is 14.7.